The first-order chi connectivity index (χ1) is 12.0. The van der Waals surface area contributed by atoms with Gasteiger partial charge in [-0.1, -0.05) is 18.2 Å². The van der Waals surface area contributed by atoms with Crippen LogP contribution in [0.15, 0.2) is 42.5 Å². The number of rotatable bonds is 4. The van der Waals surface area contributed by atoms with Crippen LogP contribution in [-0.4, -0.2) is 18.4 Å². The van der Waals surface area contributed by atoms with Gasteiger partial charge in [-0.25, -0.2) is 4.39 Å². The van der Waals surface area contributed by atoms with Crippen LogP contribution in [0.25, 0.3) is 0 Å². The third-order valence-electron chi connectivity index (χ3n) is 4.01. The summed E-state index contributed by atoms with van der Waals surface area (Å²) in [6, 6.07) is 11.6. The number of fused-ring (bicyclic) bond motifs is 1. The second kappa shape index (κ2) is 7.34. The summed E-state index contributed by atoms with van der Waals surface area (Å²) in [6.45, 7) is 2.27. The highest BCUT2D eigenvalue weighted by molar-refractivity contribution is 5.97. The molecule has 1 heterocycles. The first-order valence-electron chi connectivity index (χ1n) is 8.07. The van der Waals surface area contributed by atoms with E-state index in [-0.39, 0.29) is 37.2 Å². The van der Waals surface area contributed by atoms with Crippen molar-refractivity contribution in [3.63, 3.8) is 0 Å². The number of amides is 2. The molecular formula is C19H19FN2O3. The fourth-order valence-corrected chi connectivity index (χ4v) is 2.66. The molecule has 2 aromatic rings. The maximum absolute atomic E-state index is 13.1. The normalized spacial score (nSPS) is 16.2. The first kappa shape index (κ1) is 17.0. The van der Waals surface area contributed by atoms with Crippen LogP contribution in [0.1, 0.15) is 17.5 Å². The summed E-state index contributed by atoms with van der Waals surface area (Å²) in [5, 5.41) is 5.51. The number of benzene rings is 2. The molecule has 0 saturated carbocycles. The molecule has 2 amide bonds. The number of nitrogens with one attached hydrogen (secondary N) is 2. The van der Waals surface area contributed by atoms with Gasteiger partial charge in [-0.2, -0.15) is 0 Å². The van der Waals surface area contributed by atoms with Crippen LogP contribution in [0.4, 0.5) is 10.1 Å². The molecule has 5 nitrogen and oxygen atoms in total. The molecule has 1 unspecified atom stereocenters. The van der Waals surface area contributed by atoms with Crippen LogP contribution >= 0.6 is 0 Å². The number of carbonyl (C=O) groups excluding carboxylic acids is 2. The highest BCUT2D eigenvalue weighted by Crippen LogP contribution is 2.29. The van der Waals surface area contributed by atoms with Gasteiger partial charge in [0, 0.05) is 13.0 Å². The van der Waals surface area contributed by atoms with Gasteiger partial charge in [-0.05, 0) is 42.3 Å². The predicted molar refractivity (Wildman–Crippen MR) is 91.7 cm³/mol. The topological polar surface area (TPSA) is 67.4 Å². The predicted octanol–water partition coefficient (Wildman–Crippen LogP) is 2.79. The van der Waals surface area contributed by atoms with E-state index in [2.05, 4.69) is 10.6 Å². The molecule has 1 aliphatic rings. The minimum atomic E-state index is -0.583. The smallest absolute Gasteiger partial charge is 0.231 e. The van der Waals surface area contributed by atoms with Crippen LogP contribution in [0, 0.1) is 18.7 Å². The molecule has 2 N–H and O–H groups in total. The molecule has 0 bridgehead atoms. The number of hydrogen-bond donors (Lipinski definition) is 2. The maximum Gasteiger partial charge on any atom is 0.231 e. The Kier molecular flexibility index (Phi) is 4.97. The molecule has 0 aliphatic carbocycles. The number of halogens is 1. The SMILES string of the molecule is Cc1ccc2c(c1)NC(=O)C(CC(=O)NCc1cccc(F)c1)CO2. The van der Waals surface area contributed by atoms with Crippen molar-refractivity contribution in [1.82, 2.24) is 5.32 Å². The summed E-state index contributed by atoms with van der Waals surface area (Å²) in [6.07, 6.45) is 0.00806. The van der Waals surface area contributed by atoms with Crippen molar-refractivity contribution in [2.45, 2.75) is 19.9 Å². The quantitative estimate of drug-likeness (QED) is 0.898. The van der Waals surface area contributed by atoms with E-state index >= 15 is 0 Å². The van der Waals surface area contributed by atoms with Gasteiger partial charge in [0.05, 0.1) is 11.6 Å². The fraction of sp³-hybridized carbons (Fsp3) is 0.263. The summed E-state index contributed by atoms with van der Waals surface area (Å²) in [4.78, 5) is 24.4. The van der Waals surface area contributed by atoms with E-state index < -0.39 is 5.92 Å². The zero-order valence-corrected chi connectivity index (χ0v) is 13.8. The minimum Gasteiger partial charge on any atom is -0.491 e. The van der Waals surface area contributed by atoms with Gasteiger partial charge in [-0.15, -0.1) is 0 Å². The molecule has 0 aromatic heterocycles. The molecule has 1 aliphatic heterocycles. The molecule has 6 heteroatoms. The van der Waals surface area contributed by atoms with E-state index in [1.807, 2.05) is 19.1 Å². The van der Waals surface area contributed by atoms with Gasteiger partial charge >= 0.3 is 0 Å². The summed E-state index contributed by atoms with van der Waals surface area (Å²) < 4.78 is 18.8. The van der Waals surface area contributed by atoms with Crippen LogP contribution in [0.3, 0.4) is 0 Å². The second-order valence-electron chi connectivity index (χ2n) is 6.11. The van der Waals surface area contributed by atoms with Gasteiger partial charge in [0.2, 0.25) is 11.8 Å². The first-order valence-corrected chi connectivity index (χ1v) is 8.07. The van der Waals surface area contributed by atoms with Gasteiger partial charge in [0.1, 0.15) is 18.2 Å². The lowest BCUT2D eigenvalue weighted by Gasteiger charge is -2.12. The van der Waals surface area contributed by atoms with E-state index in [1.165, 1.54) is 12.1 Å². The number of carbonyl (C=O) groups is 2. The maximum atomic E-state index is 13.1. The van der Waals surface area contributed by atoms with Crippen molar-refractivity contribution in [2.75, 3.05) is 11.9 Å². The Morgan fingerprint density at radius 1 is 1.32 bits per heavy atom. The van der Waals surface area contributed by atoms with Crippen LogP contribution in [0.5, 0.6) is 5.75 Å². The lowest BCUT2D eigenvalue weighted by atomic mass is 10.1. The molecule has 2 aromatic carbocycles. The summed E-state index contributed by atoms with van der Waals surface area (Å²) in [5.74, 6) is -0.862. The molecule has 0 spiro atoms. The Bertz CT molecular complexity index is 807. The van der Waals surface area contributed by atoms with Crippen molar-refractivity contribution >= 4 is 17.5 Å². The van der Waals surface area contributed by atoms with E-state index in [1.54, 1.807) is 18.2 Å². The van der Waals surface area contributed by atoms with Crippen molar-refractivity contribution in [2.24, 2.45) is 5.92 Å². The Hall–Kier alpha value is -2.89. The lowest BCUT2D eigenvalue weighted by molar-refractivity contribution is -0.128. The Labute approximate surface area is 145 Å². The Balaban J connectivity index is 1.57. The molecule has 0 fully saturated rings. The second-order valence-corrected chi connectivity index (χ2v) is 6.11. The van der Waals surface area contributed by atoms with Gasteiger partial charge in [-0.3, -0.25) is 9.59 Å². The number of ether oxygens (including phenoxy) is 1. The summed E-state index contributed by atoms with van der Waals surface area (Å²) in [7, 11) is 0. The number of anilines is 1. The van der Waals surface area contributed by atoms with Crippen molar-refractivity contribution in [1.29, 1.82) is 0 Å². The molecule has 130 valence electrons. The van der Waals surface area contributed by atoms with E-state index in [9.17, 15) is 14.0 Å². The monoisotopic (exact) mass is 342 g/mol. The number of hydrogen-bond acceptors (Lipinski definition) is 3. The fourth-order valence-electron chi connectivity index (χ4n) is 2.66. The summed E-state index contributed by atoms with van der Waals surface area (Å²) >= 11 is 0. The molecule has 0 saturated heterocycles. The molecule has 25 heavy (non-hydrogen) atoms. The highest BCUT2D eigenvalue weighted by Gasteiger charge is 2.27. The molecular weight excluding hydrogens is 323 g/mol. The molecule has 0 radical (unpaired) electrons. The van der Waals surface area contributed by atoms with E-state index in [0.29, 0.717) is 17.0 Å². The van der Waals surface area contributed by atoms with Crippen molar-refractivity contribution < 1.29 is 18.7 Å². The van der Waals surface area contributed by atoms with Gasteiger partial charge in [0.15, 0.2) is 0 Å². The third-order valence-corrected chi connectivity index (χ3v) is 4.01. The highest BCUT2D eigenvalue weighted by atomic mass is 19.1. The zero-order valence-electron chi connectivity index (χ0n) is 13.8. The largest absolute Gasteiger partial charge is 0.491 e. The summed E-state index contributed by atoms with van der Waals surface area (Å²) in [5.41, 5.74) is 2.29. The third kappa shape index (κ3) is 4.35. The number of aryl methyl sites for hydroxylation is 1. The van der Waals surface area contributed by atoms with Gasteiger partial charge in [0.25, 0.3) is 0 Å². The van der Waals surface area contributed by atoms with Crippen LogP contribution in [-0.2, 0) is 16.1 Å². The Morgan fingerprint density at radius 2 is 2.16 bits per heavy atom. The average Bonchev–Trinajstić information content (AvgIpc) is 2.72. The van der Waals surface area contributed by atoms with Crippen molar-refractivity contribution in [3.8, 4) is 5.75 Å². The average molecular weight is 342 g/mol. The zero-order chi connectivity index (χ0) is 17.8. The molecule has 1 atom stereocenters. The molecule has 3 rings (SSSR count). The van der Waals surface area contributed by atoms with Gasteiger partial charge < -0.3 is 15.4 Å². The lowest BCUT2D eigenvalue weighted by Crippen LogP contribution is -2.32. The van der Waals surface area contributed by atoms with Crippen LogP contribution < -0.4 is 15.4 Å². The van der Waals surface area contributed by atoms with E-state index in [4.69, 9.17) is 4.74 Å². The van der Waals surface area contributed by atoms with Crippen molar-refractivity contribution in [3.05, 3.63) is 59.4 Å². The van der Waals surface area contributed by atoms with Crippen LogP contribution in [0.2, 0.25) is 0 Å². The Morgan fingerprint density at radius 3 is 2.96 bits per heavy atom. The minimum absolute atomic E-state index is 0.00806. The van der Waals surface area contributed by atoms with E-state index in [0.717, 1.165) is 5.56 Å². The standard InChI is InChI=1S/C19H19FN2O3/c1-12-5-6-17-16(7-12)22-19(24)14(11-25-17)9-18(23)21-10-13-3-2-4-15(20)8-13/h2-8,14H,9-11H2,1H3,(H,21,23)(H,22,24).